The van der Waals surface area contributed by atoms with Crippen LogP contribution in [0.5, 0.6) is 0 Å². The van der Waals surface area contributed by atoms with Crippen LogP contribution < -0.4 is 0 Å². The van der Waals surface area contributed by atoms with E-state index in [4.69, 9.17) is 0 Å². The van der Waals surface area contributed by atoms with Gasteiger partial charge in [0.2, 0.25) is 0 Å². The number of rotatable bonds is 4. The van der Waals surface area contributed by atoms with E-state index < -0.39 is 0 Å². The molecule has 1 atom stereocenters. The summed E-state index contributed by atoms with van der Waals surface area (Å²) in [5, 5.41) is 0.621. The highest BCUT2D eigenvalue weighted by Gasteiger charge is 2.15. The molecule has 1 aromatic carbocycles. The molecule has 0 radical (unpaired) electrons. The molecule has 1 rings (SSSR count). The van der Waals surface area contributed by atoms with E-state index in [-0.39, 0.29) is 0 Å². The molecular weight excluding hydrogens is 196 g/mol. The monoisotopic (exact) mass is 212 g/mol. The third-order valence-corrected chi connectivity index (χ3v) is 4.35. The highest BCUT2D eigenvalue weighted by atomic mass is 33.1. The number of benzene rings is 1. The first kappa shape index (κ1) is 11.0. The molecule has 0 aliphatic carbocycles. The van der Waals surface area contributed by atoms with Gasteiger partial charge >= 0.3 is 0 Å². The summed E-state index contributed by atoms with van der Waals surface area (Å²) in [4.78, 5) is 0. The molecule has 0 nitrogen and oxygen atoms in total. The minimum Gasteiger partial charge on any atom is -0.0970 e. The van der Waals surface area contributed by atoms with Gasteiger partial charge in [0, 0.05) is 5.25 Å². The maximum atomic E-state index is 2.28. The summed E-state index contributed by atoms with van der Waals surface area (Å²) in [5.74, 6) is 0.694. The van der Waals surface area contributed by atoms with Gasteiger partial charge < -0.3 is 0 Å². The van der Waals surface area contributed by atoms with Gasteiger partial charge in [-0.25, -0.2) is 0 Å². The lowest BCUT2D eigenvalue weighted by Crippen LogP contribution is -2.00. The van der Waals surface area contributed by atoms with Gasteiger partial charge in [0.05, 0.1) is 0 Å². The molecule has 1 unspecified atom stereocenters. The fourth-order valence-electron chi connectivity index (χ4n) is 1.30. The molecule has 0 aliphatic heterocycles. The zero-order valence-corrected chi connectivity index (χ0v) is 9.99. The molecular formula is C11H16S2. The zero-order chi connectivity index (χ0) is 9.68. The van der Waals surface area contributed by atoms with Crippen molar-refractivity contribution in [2.24, 2.45) is 5.92 Å². The third kappa shape index (κ3) is 3.28. The molecule has 13 heavy (non-hydrogen) atoms. The predicted octanol–water partition coefficient (Wildman–Crippen LogP) is 4.39. The van der Waals surface area contributed by atoms with Crippen LogP contribution in [-0.4, -0.2) is 6.26 Å². The second-order valence-corrected chi connectivity index (χ2v) is 5.95. The first-order valence-electron chi connectivity index (χ1n) is 4.50. The molecule has 0 aliphatic rings. The van der Waals surface area contributed by atoms with Gasteiger partial charge in [-0.15, -0.1) is 0 Å². The van der Waals surface area contributed by atoms with Crippen molar-refractivity contribution in [1.29, 1.82) is 0 Å². The van der Waals surface area contributed by atoms with Crippen LogP contribution in [0.25, 0.3) is 0 Å². The van der Waals surface area contributed by atoms with E-state index in [0.29, 0.717) is 11.2 Å². The average molecular weight is 212 g/mol. The third-order valence-electron chi connectivity index (χ3n) is 1.93. The molecule has 2 heteroatoms. The first-order chi connectivity index (χ1) is 6.25. The molecule has 0 saturated carbocycles. The molecule has 0 heterocycles. The molecule has 0 spiro atoms. The van der Waals surface area contributed by atoms with Gasteiger partial charge in [0.1, 0.15) is 0 Å². The standard InChI is InChI=1S/C11H16S2/c1-9(2)11(13-12-3)10-7-5-4-6-8-10/h4-9,11H,1-3H3. The van der Waals surface area contributed by atoms with Crippen LogP contribution >= 0.6 is 21.6 Å². The molecule has 0 saturated heterocycles. The van der Waals surface area contributed by atoms with E-state index in [1.165, 1.54) is 5.56 Å². The quantitative estimate of drug-likeness (QED) is 0.679. The molecule has 0 N–H and O–H groups in total. The normalized spacial score (nSPS) is 13.2. The van der Waals surface area contributed by atoms with Crippen molar-refractivity contribution in [2.75, 3.05) is 6.26 Å². The molecule has 0 fully saturated rings. The predicted molar refractivity (Wildman–Crippen MR) is 65.1 cm³/mol. The van der Waals surface area contributed by atoms with Crippen molar-refractivity contribution >= 4 is 21.6 Å². The Morgan fingerprint density at radius 2 is 1.69 bits per heavy atom. The van der Waals surface area contributed by atoms with Crippen LogP contribution in [0.3, 0.4) is 0 Å². The Balaban J connectivity index is 2.76. The Kier molecular flexibility index (Phi) is 4.74. The van der Waals surface area contributed by atoms with Gasteiger partial charge in [0.25, 0.3) is 0 Å². The number of hydrogen-bond donors (Lipinski definition) is 0. The Morgan fingerprint density at radius 1 is 1.08 bits per heavy atom. The van der Waals surface area contributed by atoms with Crippen molar-refractivity contribution in [1.82, 2.24) is 0 Å². The van der Waals surface area contributed by atoms with Crippen molar-refractivity contribution in [2.45, 2.75) is 19.1 Å². The fraction of sp³-hybridized carbons (Fsp3) is 0.455. The Bertz CT molecular complexity index is 231. The maximum Gasteiger partial charge on any atom is 0.0423 e. The molecule has 1 aromatic rings. The largest absolute Gasteiger partial charge is 0.0970 e. The molecule has 0 aromatic heterocycles. The summed E-state index contributed by atoms with van der Waals surface area (Å²) in [6.45, 7) is 4.56. The summed E-state index contributed by atoms with van der Waals surface area (Å²) in [5.41, 5.74) is 1.44. The van der Waals surface area contributed by atoms with Crippen LogP contribution in [0.2, 0.25) is 0 Å². The van der Waals surface area contributed by atoms with Crippen molar-refractivity contribution in [3.05, 3.63) is 35.9 Å². The lowest BCUT2D eigenvalue weighted by molar-refractivity contribution is 0.635. The highest BCUT2D eigenvalue weighted by Crippen LogP contribution is 2.41. The van der Waals surface area contributed by atoms with Crippen molar-refractivity contribution in [3.8, 4) is 0 Å². The van der Waals surface area contributed by atoms with E-state index >= 15 is 0 Å². The van der Waals surface area contributed by atoms with Crippen LogP contribution in [0.15, 0.2) is 30.3 Å². The zero-order valence-electron chi connectivity index (χ0n) is 8.36. The van der Waals surface area contributed by atoms with E-state index in [2.05, 4.69) is 50.4 Å². The van der Waals surface area contributed by atoms with E-state index in [1.54, 1.807) is 0 Å². The summed E-state index contributed by atoms with van der Waals surface area (Å²) < 4.78 is 0. The van der Waals surface area contributed by atoms with Gasteiger partial charge in [-0.2, -0.15) is 0 Å². The highest BCUT2D eigenvalue weighted by molar-refractivity contribution is 8.76. The van der Waals surface area contributed by atoms with E-state index in [0.717, 1.165) is 0 Å². The summed E-state index contributed by atoms with van der Waals surface area (Å²) >= 11 is 0. The lowest BCUT2D eigenvalue weighted by atomic mass is 10.0. The second kappa shape index (κ2) is 5.61. The van der Waals surface area contributed by atoms with Gasteiger partial charge in [0.15, 0.2) is 0 Å². The van der Waals surface area contributed by atoms with Crippen LogP contribution in [0, 0.1) is 5.92 Å². The summed E-state index contributed by atoms with van der Waals surface area (Å²) in [6, 6.07) is 10.7. The average Bonchev–Trinajstić information content (AvgIpc) is 2.15. The topological polar surface area (TPSA) is 0 Å². The minimum absolute atomic E-state index is 0.621. The molecule has 72 valence electrons. The minimum atomic E-state index is 0.621. The summed E-state index contributed by atoms with van der Waals surface area (Å²) in [7, 11) is 3.80. The Morgan fingerprint density at radius 3 is 2.15 bits per heavy atom. The van der Waals surface area contributed by atoms with Crippen molar-refractivity contribution < 1.29 is 0 Å². The summed E-state index contributed by atoms with van der Waals surface area (Å²) in [6.07, 6.45) is 2.14. The Labute approximate surface area is 88.9 Å². The second-order valence-electron chi connectivity index (χ2n) is 3.34. The smallest absolute Gasteiger partial charge is 0.0423 e. The lowest BCUT2D eigenvalue weighted by Gasteiger charge is -2.19. The maximum absolute atomic E-state index is 2.28. The van der Waals surface area contributed by atoms with Crippen LogP contribution in [0.4, 0.5) is 0 Å². The van der Waals surface area contributed by atoms with Gasteiger partial charge in [-0.05, 0) is 17.7 Å². The first-order valence-corrected chi connectivity index (χ1v) is 7.12. The molecule has 0 amide bonds. The van der Waals surface area contributed by atoms with Gasteiger partial charge in [-0.1, -0.05) is 65.8 Å². The van der Waals surface area contributed by atoms with E-state index in [1.807, 2.05) is 21.6 Å². The van der Waals surface area contributed by atoms with Crippen molar-refractivity contribution in [3.63, 3.8) is 0 Å². The Hall–Kier alpha value is -0.0800. The fourth-order valence-corrected chi connectivity index (χ4v) is 3.62. The number of hydrogen-bond acceptors (Lipinski definition) is 2. The SMILES string of the molecule is CSSC(c1ccccc1)C(C)C. The van der Waals surface area contributed by atoms with Gasteiger partial charge in [-0.3, -0.25) is 0 Å². The van der Waals surface area contributed by atoms with Crippen LogP contribution in [0.1, 0.15) is 24.7 Å². The molecule has 0 bridgehead atoms. The van der Waals surface area contributed by atoms with Crippen LogP contribution in [-0.2, 0) is 0 Å². The van der Waals surface area contributed by atoms with E-state index in [9.17, 15) is 0 Å².